The number of alkyl carbamates (subject to hydrolysis) is 1. The molecule has 98 valence electrons. The first-order chi connectivity index (χ1) is 8.11. The Hall–Kier alpha value is -1.03. The van der Waals surface area contributed by atoms with Crippen LogP contribution < -0.4 is 10.6 Å². The highest BCUT2D eigenvalue weighted by Gasteiger charge is 2.15. The summed E-state index contributed by atoms with van der Waals surface area (Å²) >= 11 is 0. The molecule has 2 atom stereocenters. The molecule has 2 unspecified atom stereocenters. The Morgan fingerprint density at radius 3 is 2.82 bits per heavy atom. The average molecular weight is 240 g/mol. The van der Waals surface area contributed by atoms with Crippen LogP contribution >= 0.6 is 0 Å². The van der Waals surface area contributed by atoms with E-state index >= 15 is 0 Å². The quantitative estimate of drug-likeness (QED) is 0.744. The molecule has 1 amide bonds. The van der Waals surface area contributed by atoms with Gasteiger partial charge < -0.3 is 15.4 Å². The summed E-state index contributed by atoms with van der Waals surface area (Å²) in [5, 5.41) is 6.02. The van der Waals surface area contributed by atoms with Gasteiger partial charge in [0.1, 0.15) is 6.10 Å². The van der Waals surface area contributed by atoms with E-state index in [9.17, 15) is 4.79 Å². The topological polar surface area (TPSA) is 50.4 Å². The molecule has 0 spiro atoms. The van der Waals surface area contributed by atoms with Crippen LogP contribution in [-0.2, 0) is 4.74 Å². The smallest absolute Gasteiger partial charge is 0.407 e. The van der Waals surface area contributed by atoms with E-state index < -0.39 is 0 Å². The fourth-order valence-corrected chi connectivity index (χ4v) is 2.09. The van der Waals surface area contributed by atoms with Crippen LogP contribution in [0.2, 0.25) is 0 Å². The molecule has 0 saturated heterocycles. The van der Waals surface area contributed by atoms with E-state index in [4.69, 9.17) is 4.74 Å². The Kier molecular flexibility index (Phi) is 6.05. The maximum atomic E-state index is 11.1. The second-order valence-corrected chi connectivity index (χ2v) is 4.81. The zero-order valence-corrected chi connectivity index (χ0v) is 11.0. The van der Waals surface area contributed by atoms with Crippen molar-refractivity contribution in [1.82, 2.24) is 10.6 Å². The zero-order chi connectivity index (χ0) is 12.7. The Bertz CT molecular complexity index is 264. The minimum Gasteiger partial charge on any atom is -0.442 e. The van der Waals surface area contributed by atoms with Gasteiger partial charge in [-0.2, -0.15) is 0 Å². The molecule has 4 heteroatoms. The minimum absolute atomic E-state index is 0.0741. The van der Waals surface area contributed by atoms with Gasteiger partial charge in [0, 0.05) is 19.1 Å². The van der Waals surface area contributed by atoms with Gasteiger partial charge in [-0.3, -0.25) is 0 Å². The number of ether oxygens (including phenoxy) is 1. The molecule has 0 aromatic heterocycles. The van der Waals surface area contributed by atoms with Crippen LogP contribution in [0.4, 0.5) is 4.79 Å². The van der Waals surface area contributed by atoms with Gasteiger partial charge in [-0.05, 0) is 31.8 Å². The maximum absolute atomic E-state index is 11.1. The standard InChI is InChI=1S/C13H24N2O2/c1-10(2)15-11-6-4-8-12(9-5-7-11)17-13(16)14-3/h4,8,10-12,15H,5-7,9H2,1-3H3,(H,14,16)/b8-4+. The molecule has 0 radical (unpaired) electrons. The molecule has 0 bridgehead atoms. The first-order valence-electron chi connectivity index (χ1n) is 6.43. The average Bonchev–Trinajstić information content (AvgIpc) is 2.24. The van der Waals surface area contributed by atoms with Gasteiger partial charge >= 0.3 is 6.09 Å². The van der Waals surface area contributed by atoms with Gasteiger partial charge in [0.25, 0.3) is 0 Å². The second-order valence-electron chi connectivity index (χ2n) is 4.81. The molecule has 0 fully saturated rings. The van der Waals surface area contributed by atoms with Gasteiger partial charge in [0.2, 0.25) is 0 Å². The molecule has 17 heavy (non-hydrogen) atoms. The van der Waals surface area contributed by atoms with Crippen molar-refractivity contribution in [2.45, 2.75) is 57.7 Å². The number of amides is 1. The zero-order valence-electron chi connectivity index (χ0n) is 11.0. The molecule has 0 aromatic carbocycles. The third-order valence-electron chi connectivity index (χ3n) is 2.84. The van der Waals surface area contributed by atoms with Gasteiger partial charge in [-0.25, -0.2) is 4.79 Å². The highest BCUT2D eigenvalue weighted by atomic mass is 16.6. The number of hydrogen-bond donors (Lipinski definition) is 2. The van der Waals surface area contributed by atoms with E-state index in [-0.39, 0.29) is 12.2 Å². The van der Waals surface area contributed by atoms with E-state index in [2.05, 4.69) is 30.6 Å². The molecule has 1 rings (SSSR count). The molecule has 1 aliphatic rings. The lowest BCUT2D eigenvalue weighted by atomic mass is 9.99. The van der Waals surface area contributed by atoms with Crippen LogP contribution in [0.25, 0.3) is 0 Å². The SMILES string of the molecule is CNC(=O)OC1/C=C/CC(NC(C)C)CCC1. The van der Waals surface area contributed by atoms with Crippen LogP contribution in [0, 0.1) is 0 Å². The summed E-state index contributed by atoms with van der Waals surface area (Å²) in [4.78, 5) is 11.1. The maximum Gasteiger partial charge on any atom is 0.407 e. The number of nitrogens with one attached hydrogen (secondary N) is 2. The molecule has 2 N–H and O–H groups in total. The predicted octanol–water partition coefficient (Wildman–Crippen LogP) is 2.21. The highest BCUT2D eigenvalue weighted by molar-refractivity contribution is 5.67. The fraction of sp³-hybridized carbons (Fsp3) is 0.769. The Morgan fingerprint density at radius 1 is 1.41 bits per heavy atom. The number of carbonyl (C=O) groups is 1. The van der Waals surface area contributed by atoms with Crippen molar-refractivity contribution in [2.75, 3.05) is 7.05 Å². The molecular weight excluding hydrogens is 216 g/mol. The first kappa shape index (κ1) is 14.0. The summed E-state index contributed by atoms with van der Waals surface area (Å²) in [7, 11) is 1.58. The van der Waals surface area contributed by atoms with Crippen molar-refractivity contribution in [3.05, 3.63) is 12.2 Å². The Labute approximate surface area is 104 Å². The first-order valence-corrected chi connectivity index (χ1v) is 6.43. The fourth-order valence-electron chi connectivity index (χ4n) is 2.09. The van der Waals surface area contributed by atoms with E-state index in [0.717, 1.165) is 25.7 Å². The minimum atomic E-state index is -0.350. The summed E-state index contributed by atoms with van der Waals surface area (Å²) in [5.41, 5.74) is 0. The summed E-state index contributed by atoms with van der Waals surface area (Å²) in [6, 6.07) is 1.07. The van der Waals surface area contributed by atoms with Crippen molar-refractivity contribution < 1.29 is 9.53 Å². The summed E-state index contributed by atoms with van der Waals surface area (Å²) in [5.74, 6) is 0. The normalized spacial score (nSPS) is 27.1. The molecule has 0 saturated carbocycles. The highest BCUT2D eigenvalue weighted by Crippen LogP contribution is 2.15. The van der Waals surface area contributed by atoms with Gasteiger partial charge in [0.05, 0.1) is 0 Å². The van der Waals surface area contributed by atoms with Crippen molar-refractivity contribution >= 4 is 6.09 Å². The lowest BCUT2D eigenvalue weighted by Crippen LogP contribution is -2.35. The second kappa shape index (κ2) is 7.33. The Balaban J connectivity index is 2.41. The van der Waals surface area contributed by atoms with E-state index in [0.29, 0.717) is 12.1 Å². The monoisotopic (exact) mass is 240 g/mol. The Morgan fingerprint density at radius 2 is 2.18 bits per heavy atom. The largest absolute Gasteiger partial charge is 0.442 e. The lowest BCUT2D eigenvalue weighted by molar-refractivity contribution is 0.114. The van der Waals surface area contributed by atoms with Gasteiger partial charge in [0.15, 0.2) is 0 Å². The van der Waals surface area contributed by atoms with E-state index in [1.807, 2.05) is 6.08 Å². The van der Waals surface area contributed by atoms with Gasteiger partial charge in [-0.1, -0.05) is 19.9 Å². The van der Waals surface area contributed by atoms with Gasteiger partial charge in [-0.15, -0.1) is 0 Å². The molecule has 1 aliphatic carbocycles. The van der Waals surface area contributed by atoms with Crippen LogP contribution in [0.3, 0.4) is 0 Å². The molecular formula is C13H24N2O2. The lowest BCUT2D eigenvalue weighted by Gasteiger charge is -2.23. The van der Waals surface area contributed by atoms with Crippen LogP contribution in [0.5, 0.6) is 0 Å². The molecule has 0 aromatic rings. The number of rotatable bonds is 3. The van der Waals surface area contributed by atoms with E-state index in [1.54, 1.807) is 7.05 Å². The van der Waals surface area contributed by atoms with Crippen molar-refractivity contribution in [1.29, 1.82) is 0 Å². The number of carbonyl (C=O) groups excluding carboxylic acids is 1. The summed E-state index contributed by atoms with van der Waals surface area (Å²) in [6.07, 6.45) is 7.82. The van der Waals surface area contributed by atoms with Crippen LogP contribution in [-0.4, -0.2) is 31.3 Å². The van der Waals surface area contributed by atoms with E-state index in [1.165, 1.54) is 0 Å². The molecule has 0 heterocycles. The predicted molar refractivity (Wildman–Crippen MR) is 69.0 cm³/mol. The summed E-state index contributed by atoms with van der Waals surface area (Å²) in [6.45, 7) is 4.33. The summed E-state index contributed by atoms with van der Waals surface area (Å²) < 4.78 is 5.24. The van der Waals surface area contributed by atoms with Crippen molar-refractivity contribution in [3.8, 4) is 0 Å². The molecule has 0 aliphatic heterocycles. The van der Waals surface area contributed by atoms with Crippen molar-refractivity contribution in [3.63, 3.8) is 0 Å². The third-order valence-corrected chi connectivity index (χ3v) is 2.84. The van der Waals surface area contributed by atoms with Crippen LogP contribution in [0.15, 0.2) is 12.2 Å². The van der Waals surface area contributed by atoms with Crippen molar-refractivity contribution in [2.24, 2.45) is 0 Å². The number of hydrogen-bond acceptors (Lipinski definition) is 3. The third kappa shape index (κ3) is 5.73. The van der Waals surface area contributed by atoms with Crippen LogP contribution in [0.1, 0.15) is 39.5 Å². The molecule has 4 nitrogen and oxygen atoms in total.